The summed E-state index contributed by atoms with van der Waals surface area (Å²) in [6.07, 6.45) is 1.17. The summed E-state index contributed by atoms with van der Waals surface area (Å²) in [6.45, 7) is 0. The van der Waals surface area contributed by atoms with E-state index in [0.29, 0.717) is 12.2 Å². The molecule has 0 aromatic rings. The first-order valence-electron chi connectivity index (χ1n) is 2.87. The van der Waals surface area contributed by atoms with Gasteiger partial charge in [-0.25, -0.2) is 0 Å². The second-order valence-corrected chi connectivity index (χ2v) is 1.79. The third kappa shape index (κ3) is 3.99. The fraction of sp³-hybridized carbons (Fsp3) is 0.800. The Balaban J connectivity index is 2.97. The van der Waals surface area contributed by atoms with Crippen LogP contribution in [0.4, 0.5) is 0 Å². The average molecular weight is 136 g/mol. The minimum atomic E-state index is -0.191. The van der Waals surface area contributed by atoms with Gasteiger partial charge in [0.05, 0.1) is 7.11 Å². The Labute approximate surface area is 55.7 Å². The lowest BCUT2D eigenvalue weighted by Gasteiger charge is -1.93. The average Bonchev–Trinajstić information content (AvgIpc) is 1.89. The quantitative estimate of drug-likeness (QED) is 0.352. The van der Waals surface area contributed by atoms with Crippen LogP contribution in [0.2, 0.25) is 0 Å². The Bertz CT molecular complexity index is 87.0. The number of hydrogen-bond donors (Lipinski definition) is 1. The predicted molar refractivity (Wildman–Crippen MR) is 35.1 cm³/mol. The van der Waals surface area contributed by atoms with E-state index >= 15 is 0 Å². The van der Waals surface area contributed by atoms with Gasteiger partial charge in [0.25, 0.3) is 0 Å². The van der Waals surface area contributed by atoms with Crippen molar-refractivity contribution in [2.45, 2.75) is 12.8 Å². The zero-order valence-corrected chi connectivity index (χ0v) is 5.66. The molecule has 0 heterocycles. The van der Waals surface area contributed by atoms with E-state index in [1.807, 2.05) is 0 Å². The Morgan fingerprint density at radius 2 is 2.75 bits per heavy atom. The molecule has 2 nitrogen and oxygen atoms in total. The van der Waals surface area contributed by atoms with Crippen LogP contribution < -0.4 is 0 Å². The number of ether oxygens (including phenoxy) is 1. The fourth-order valence-corrected chi connectivity index (χ4v) is 0.463. The standard InChI is InChI=1S/C5H10O2S/c1-7-5(6)3-2-4-8/h8H,2-4H2,1H3/i/hT. The van der Waals surface area contributed by atoms with Crippen LogP contribution in [0.15, 0.2) is 0 Å². The molecule has 0 saturated heterocycles. The first-order chi connectivity index (χ1) is 4.31. The summed E-state index contributed by atoms with van der Waals surface area (Å²) < 4.78 is 11.1. The molecule has 0 aliphatic heterocycles. The van der Waals surface area contributed by atoms with E-state index in [9.17, 15) is 4.79 Å². The maximum atomic E-state index is 10.4. The van der Waals surface area contributed by atoms with E-state index in [1.165, 1.54) is 7.11 Å². The minimum Gasteiger partial charge on any atom is -0.469 e. The molecular weight excluding hydrogens is 124 g/mol. The summed E-state index contributed by atoms with van der Waals surface area (Å²) in [6, 6.07) is 0. The van der Waals surface area contributed by atoms with Gasteiger partial charge in [0.2, 0.25) is 0 Å². The molecule has 0 atom stereocenters. The van der Waals surface area contributed by atoms with E-state index in [2.05, 4.69) is 4.74 Å². The number of thiol groups is 1. The first-order valence-corrected chi connectivity index (χ1v) is 3.04. The molecule has 0 bridgehead atoms. The van der Waals surface area contributed by atoms with Gasteiger partial charge in [0.1, 0.15) is 1.12 Å². The number of carbonyl (C=O) groups is 1. The molecule has 3 heteroatoms. The first kappa shape index (κ1) is 5.95. The Kier molecular flexibility index (Phi) is 3.69. The predicted octanol–water partition coefficient (Wildman–Crippen LogP) is 0.869. The van der Waals surface area contributed by atoms with Crippen molar-refractivity contribution >= 4 is 18.5 Å². The number of hydrogen-bond acceptors (Lipinski definition) is 3. The number of rotatable bonds is 4. The minimum absolute atomic E-state index is 0.191. The third-order valence-corrected chi connectivity index (χ3v) is 1.04. The molecule has 0 aliphatic carbocycles. The molecule has 48 valence electrons. The number of methoxy groups -OCH3 is 1. The molecule has 0 N–H and O–H groups in total. The van der Waals surface area contributed by atoms with Gasteiger partial charge >= 0.3 is 5.97 Å². The monoisotopic (exact) mass is 136 g/mol. The van der Waals surface area contributed by atoms with Crippen molar-refractivity contribution in [2.24, 2.45) is 0 Å². The van der Waals surface area contributed by atoms with Crippen molar-refractivity contribution in [3.63, 3.8) is 0 Å². The van der Waals surface area contributed by atoms with Crippen LogP contribution in [0.1, 0.15) is 12.8 Å². The second kappa shape index (κ2) is 4.97. The van der Waals surface area contributed by atoms with Crippen molar-refractivity contribution in [3.05, 3.63) is 0 Å². The Morgan fingerprint density at radius 1 is 2.00 bits per heavy atom. The van der Waals surface area contributed by atoms with Gasteiger partial charge in [0.15, 0.2) is 0 Å². The Morgan fingerprint density at radius 3 is 3.25 bits per heavy atom. The summed E-state index contributed by atoms with van der Waals surface area (Å²) in [7, 11) is 1.37. The van der Waals surface area contributed by atoms with Crippen LogP contribution >= 0.6 is 12.5 Å². The summed E-state index contributed by atoms with van der Waals surface area (Å²) in [5.74, 6) is 0.513. The van der Waals surface area contributed by atoms with Crippen LogP contribution in [-0.4, -0.2) is 20.0 Å². The van der Waals surface area contributed by atoms with Gasteiger partial charge in [0, 0.05) is 6.42 Å². The maximum Gasteiger partial charge on any atom is 0.305 e. The lowest BCUT2D eigenvalue weighted by Crippen LogP contribution is -1.99. The lowest BCUT2D eigenvalue weighted by molar-refractivity contribution is -0.140. The van der Waals surface area contributed by atoms with Crippen molar-refractivity contribution in [1.82, 2.24) is 0 Å². The fourth-order valence-electron chi connectivity index (χ4n) is 0.319. The van der Waals surface area contributed by atoms with E-state index < -0.39 is 0 Å². The van der Waals surface area contributed by atoms with E-state index in [-0.39, 0.29) is 5.97 Å². The normalized spacial score (nSPS) is 10.4. The largest absolute Gasteiger partial charge is 0.469 e. The van der Waals surface area contributed by atoms with Gasteiger partial charge < -0.3 is 4.74 Å². The van der Waals surface area contributed by atoms with Crippen molar-refractivity contribution in [3.8, 4) is 0 Å². The van der Waals surface area contributed by atoms with E-state index in [4.69, 9.17) is 1.12 Å². The highest BCUT2D eigenvalue weighted by Crippen LogP contribution is 1.92. The Hall–Kier alpha value is -0.180. The van der Waals surface area contributed by atoms with Crippen molar-refractivity contribution in [1.29, 1.82) is 1.12 Å². The highest BCUT2D eigenvalue weighted by Gasteiger charge is 1.95. The molecule has 0 amide bonds. The molecule has 0 aliphatic rings. The van der Waals surface area contributed by atoms with Gasteiger partial charge in [-0.1, -0.05) is 0 Å². The summed E-state index contributed by atoms with van der Waals surface area (Å²) in [5, 5.41) is 0. The summed E-state index contributed by atoms with van der Waals surface area (Å²) >= 11 is 0.996. The smallest absolute Gasteiger partial charge is 0.305 e. The molecule has 0 saturated carbocycles. The summed E-state index contributed by atoms with van der Waals surface area (Å²) in [5.41, 5.74) is 0. The SMILES string of the molecule is [3H]SCCCC(=O)OC. The zero-order chi connectivity index (χ0) is 7.11. The number of esters is 1. The lowest BCUT2D eigenvalue weighted by atomic mass is 10.3. The highest BCUT2D eigenvalue weighted by atomic mass is 32.1. The third-order valence-electron chi connectivity index (χ3n) is 0.753. The molecule has 0 radical (unpaired) electrons. The topological polar surface area (TPSA) is 26.3 Å². The molecule has 0 spiro atoms. The molecule has 0 fully saturated rings. The molecule has 0 unspecified atom stereocenters. The van der Waals surface area contributed by atoms with Gasteiger partial charge in [-0.2, -0.15) is 12.5 Å². The van der Waals surface area contributed by atoms with E-state index in [0.717, 1.165) is 19.0 Å². The zero-order valence-electron chi connectivity index (χ0n) is 5.85. The van der Waals surface area contributed by atoms with Crippen molar-refractivity contribution < 1.29 is 9.53 Å². The van der Waals surface area contributed by atoms with Crippen molar-refractivity contribution in [2.75, 3.05) is 12.9 Å². The van der Waals surface area contributed by atoms with Crippen LogP contribution in [0.25, 0.3) is 0 Å². The second-order valence-electron chi connectivity index (χ2n) is 1.38. The van der Waals surface area contributed by atoms with Crippen LogP contribution in [0.3, 0.4) is 0 Å². The maximum absolute atomic E-state index is 10.4. The van der Waals surface area contributed by atoms with Gasteiger partial charge in [-0.3, -0.25) is 4.79 Å². The summed E-state index contributed by atoms with van der Waals surface area (Å²) in [4.78, 5) is 10.4. The number of carbonyl (C=O) groups excluding carboxylic acids is 1. The molecule has 8 heavy (non-hydrogen) atoms. The van der Waals surface area contributed by atoms with Gasteiger partial charge in [-0.15, -0.1) is 0 Å². The highest BCUT2D eigenvalue weighted by molar-refractivity contribution is 7.80. The molecule has 0 rings (SSSR count). The molecular formula is C5H10O2S. The van der Waals surface area contributed by atoms with Crippen LogP contribution in [0, 0.1) is 0 Å². The van der Waals surface area contributed by atoms with Gasteiger partial charge in [-0.05, 0) is 12.2 Å². The van der Waals surface area contributed by atoms with Crippen LogP contribution in [-0.2, 0) is 9.53 Å². The van der Waals surface area contributed by atoms with Crippen LogP contribution in [0.5, 0.6) is 0 Å². The molecule has 0 aromatic carbocycles. The van der Waals surface area contributed by atoms with E-state index in [1.54, 1.807) is 0 Å². The molecule has 0 aromatic heterocycles.